The predicted molar refractivity (Wildman–Crippen MR) is 98.9 cm³/mol. The van der Waals surface area contributed by atoms with E-state index in [1.54, 1.807) is 0 Å². The Kier molecular flexibility index (Phi) is 5.54. The lowest BCUT2D eigenvalue weighted by atomic mass is 10.2. The molecule has 144 valence electrons. The number of urea groups is 2. The molecule has 1 aromatic carbocycles. The first kappa shape index (κ1) is 19.0. The Hall–Kier alpha value is -2.75. The van der Waals surface area contributed by atoms with E-state index < -0.39 is 23.4 Å². The van der Waals surface area contributed by atoms with Gasteiger partial charge in [0.05, 0.1) is 12.2 Å². The zero-order chi connectivity index (χ0) is 19.6. The Morgan fingerprint density at radius 3 is 2.59 bits per heavy atom. The Bertz CT molecular complexity index is 851. The number of hydrogen-bond acceptors (Lipinski definition) is 4. The summed E-state index contributed by atoms with van der Waals surface area (Å²) in [5.74, 6) is -1.66. The highest BCUT2D eigenvalue weighted by molar-refractivity contribution is 7.15. The summed E-state index contributed by atoms with van der Waals surface area (Å²) in [6.45, 7) is 4.31. The van der Waals surface area contributed by atoms with Gasteiger partial charge in [-0.15, -0.1) is 0 Å². The first-order chi connectivity index (χ1) is 12.8. The van der Waals surface area contributed by atoms with Gasteiger partial charge >= 0.3 is 12.1 Å². The van der Waals surface area contributed by atoms with Crippen LogP contribution in [-0.2, 0) is 13.0 Å². The molecule has 1 aromatic heterocycles. The lowest BCUT2D eigenvalue weighted by Gasteiger charge is -2.26. The fourth-order valence-electron chi connectivity index (χ4n) is 2.62. The van der Waals surface area contributed by atoms with Gasteiger partial charge in [-0.3, -0.25) is 5.32 Å². The molecule has 3 N–H and O–H groups in total. The van der Waals surface area contributed by atoms with E-state index in [9.17, 15) is 18.4 Å². The van der Waals surface area contributed by atoms with Crippen molar-refractivity contribution in [3.05, 3.63) is 40.4 Å². The fourth-order valence-corrected chi connectivity index (χ4v) is 3.64. The van der Waals surface area contributed by atoms with Crippen molar-refractivity contribution in [3.8, 4) is 0 Å². The van der Waals surface area contributed by atoms with Crippen LogP contribution in [0.2, 0.25) is 0 Å². The molecule has 27 heavy (non-hydrogen) atoms. The van der Waals surface area contributed by atoms with Gasteiger partial charge in [0.2, 0.25) is 0 Å². The molecular formula is C17H19F2N5O2S. The maximum Gasteiger partial charge on any atom is 0.322 e. The van der Waals surface area contributed by atoms with E-state index >= 15 is 0 Å². The molecule has 1 aliphatic heterocycles. The van der Waals surface area contributed by atoms with Gasteiger partial charge in [-0.2, -0.15) is 0 Å². The number of hydrogen-bond donors (Lipinski definition) is 3. The summed E-state index contributed by atoms with van der Waals surface area (Å²) in [4.78, 5) is 30.8. The molecule has 2 heterocycles. The van der Waals surface area contributed by atoms with Gasteiger partial charge in [0.1, 0.15) is 17.3 Å². The predicted octanol–water partition coefficient (Wildman–Crippen LogP) is 3.54. The van der Waals surface area contributed by atoms with Crippen molar-refractivity contribution < 1.29 is 18.4 Å². The molecule has 7 nitrogen and oxygen atoms in total. The number of carbonyl (C=O) groups excluding carboxylic acids is 2. The molecular weight excluding hydrogens is 376 g/mol. The number of nitrogens with one attached hydrogen (secondary N) is 3. The number of fused-ring (bicyclic) bond motifs is 1. The molecule has 0 fully saturated rings. The number of amides is 4. The lowest BCUT2D eigenvalue weighted by Crippen LogP contribution is -2.38. The Morgan fingerprint density at radius 1 is 1.22 bits per heavy atom. The van der Waals surface area contributed by atoms with E-state index in [2.05, 4.69) is 20.9 Å². The maximum absolute atomic E-state index is 13.7. The summed E-state index contributed by atoms with van der Waals surface area (Å²) in [6, 6.07) is 2.45. The van der Waals surface area contributed by atoms with Crippen LogP contribution in [-0.4, -0.2) is 34.5 Å². The van der Waals surface area contributed by atoms with Gasteiger partial charge < -0.3 is 15.5 Å². The van der Waals surface area contributed by atoms with Gasteiger partial charge in [-0.05, 0) is 26.0 Å². The lowest BCUT2D eigenvalue weighted by molar-refractivity contribution is 0.206. The number of aromatic nitrogens is 1. The van der Waals surface area contributed by atoms with Crippen molar-refractivity contribution in [2.24, 2.45) is 0 Å². The molecule has 0 unspecified atom stereocenters. The second-order valence-corrected chi connectivity index (χ2v) is 7.42. The Labute approximate surface area is 158 Å². The monoisotopic (exact) mass is 395 g/mol. The van der Waals surface area contributed by atoms with Crippen LogP contribution < -0.4 is 16.0 Å². The highest BCUT2D eigenvalue weighted by atomic mass is 32.1. The SMILES string of the molecule is CC(C)NC(=O)Nc1nc2c(s1)CN(C(=O)Nc1c(F)cccc1F)CC2. The molecule has 0 aliphatic carbocycles. The first-order valence-corrected chi connectivity index (χ1v) is 9.21. The summed E-state index contributed by atoms with van der Waals surface area (Å²) in [7, 11) is 0. The first-order valence-electron chi connectivity index (χ1n) is 8.39. The number of nitrogens with zero attached hydrogens (tertiary/aromatic N) is 2. The number of thiazole rings is 1. The number of halogens is 2. The summed E-state index contributed by atoms with van der Waals surface area (Å²) < 4.78 is 27.4. The van der Waals surface area contributed by atoms with Crippen molar-refractivity contribution in [1.29, 1.82) is 0 Å². The molecule has 1 aliphatic rings. The molecule has 0 atom stereocenters. The minimum atomic E-state index is -0.832. The quantitative estimate of drug-likeness (QED) is 0.743. The average Bonchev–Trinajstić information content (AvgIpc) is 2.98. The van der Waals surface area contributed by atoms with E-state index in [0.29, 0.717) is 18.1 Å². The topological polar surface area (TPSA) is 86.4 Å². The summed E-state index contributed by atoms with van der Waals surface area (Å²) >= 11 is 1.27. The van der Waals surface area contributed by atoms with Crippen LogP contribution in [0.5, 0.6) is 0 Å². The zero-order valence-corrected chi connectivity index (χ0v) is 15.6. The van der Waals surface area contributed by atoms with Crippen LogP contribution in [0.4, 0.5) is 29.2 Å². The zero-order valence-electron chi connectivity index (χ0n) is 14.8. The third-order valence-corrected chi connectivity index (χ3v) is 4.85. The fraction of sp³-hybridized carbons (Fsp3) is 0.353. The summed E-state index contributed by atoms with van der Waals surface area (Å²) in [5.41, 5.74) is 0.339. The van der Waals surface area contributed by atoms with Crippen molar-refractivity contribution in [2.45, 2.75) is 32.9 Å². The number of rotatable bonds is 3. The molecule has 4 amide bonds. The normalized spacial score (nSPS) is 13.3. The van der Waals surface area contributed by atoms with Crippen LogP contribution in [0.25, 0.3) is 0 Å². The molecule has 2 aromatic rings. The van der Waals surface area contributed by atoms with Gasteiger partial charge in [-0.25, -0.2) is 23.4 Å². The largest absolute Gasteiger partial charge is 0.336 e. The van der Waals surface area contributed by atoms with Crippen LogP contribution in [0.15, 0.2) is 18.2 Å². The van der Waals surface area contributed by atoms with Crippen LogP contribution in [0, 0.1) is 11.6 Å². The van der Waals surface area contributed by atoms with Crippen molar-refractivity contribution in [2.75, 3.05) is 17.2 Å². The Morgan fingerprint density at radius 2 is 1.93 bits per heavy atom. The second-order valence-electron chi connectivity index (χ2n) is 6.34. The highest BCUT2D eigenvalue weighted by Crippen LogP contribution is 2.29. The number of anilines is 2. The third kappa shape index (κ3) is 4.51. The molecule has 0 spiro atoms. The van der Waals surface area contributed by atoms with Crippen molar-refractivity contribution in [1.82, 2.24) is 15.2 Å². The third-order valence-electron chi connectivity index (χ3n) is 3.85. The summed E-state index contributed by atoms with van der Waals surface area (Å²) in [5, 5.41) is 8.10. The van der Waals surface area contributed by atoms with Gasteiger partial charge in [0, 0.05) is 23.9 Å². The number of para-hydroxylation sites is 1. The second kappa shape index (κ2) is 7.87. The van der Waals surface area contributed by atoms with E-state index in [-0.39, 0.29) is 18.6 Å². The molecule has 0 bridgehead atoms. The average molecular weight is 395 g/mol. The smallest absolute Gasteiger partial charge is 0.322 e. The summed E-state index contributed by atoms with van der Waals surface area (Å²) in [6.07, 6.45) is 0.493. The van der Waals surface area contributed by atoms with Crippen LogP contribution in [0.1, 0.15) is 24.4 Å². The van der Waals surface area contributed by atoms with Gasteiger partial charge in [-0.1, -0.05) is 17.4 Å². The van der Waals surface area contributed by atoms with Gasteiger partial charge in [0.25, 0.3) is 0 Å². The van der Waals surface area contributed by atoms with E-state index in [4.69, 9.17) is 0 Å². The van der Waals surface area contributed by atoms with Crippen molar-refractivity contribution >= 4 is 34.2 Å². The van der Waals surface area contributed by atoms with Crippen molar-refractivity contribution in [3.63, 3.8) is 0 Å². The van der Waals surface area contributed by atoms with E-state index in [0.717, 1.165) is 22.7 Å². The molecule has 3 rings (SSSR count). The molecule has 0 radical (unpaired) electrons. The van der Waals surface area contributed by atoms with E-state index in [1.165, 1.54) is 22.3 Å². The maximum atomic E-state index is 13.7. The molecule has 0 saturated carbocycles. The minimum Gasteiger partial charge on any atom is -0.336 e. The molecule has 10 heteroatoms. The Balaban J connectivity index is 1.65. The number of benzene rings is 1. The minimum absolute atomic E-state index is 0.00227. The van der Waals surface area contributed by atoms with Crippen LogP contribution >= 0.6 is 11.3 Å². The van der Waals surface area contributed by atoms with Crippen LogP contribution in [0.3, 0.4) is 0 Å². The standard InChI is InChI=1S/C17H19F2N5O2S/c1-9(2)20-15(25)23-16-21-12-6-7-24(8-13(12)27-16)17(26)22-14-10(18)4-3-5-11(14)19/h3-5,9H,6-8H2,1-2H3,(H,22,26)(H2,20,21,23,25). The van der Waals surface area contributed by atoms with E-state index in [1.807, 2.05) is 13.8 Å². The number of carbonyl (C=O) groups is 2. The highest BCUT2D eigenvalue weighted by Gasteiger charge is 2.25. The van der Waals surface area contributed by atoms with Gasteiger partial charge in [0.15, 0.2) is 5.13 Å². The molecule has 0 saturated heterocycles.